The minimum atomic E-state index is 0.525. The number of nitrogens with zero attached hydrogens (tertiary/aromatic N) is 2. The standard InChI is InChI=1S/C16H21N3/c1-4-5-6-7-8-9-14-16(17)18-15-11-12(2)10-13(3)19(14)15/h10-11H,4-7,17H2,1-3H3. The van der Waals surface area contributed by atoms with Gasteiger partial charge in [0.2, 0.25) is 0 Å². The van der Waals surface area contributed by atoms with Gasteiger partial charge in [-0.3, -0.25) is 4.40 Å². The first-order valence-corrected chi connectivity index (χ1v) is 6.87. The smallest absolute Gasteiger partial charge is 0.159 e. The highest BCUT2D eigenvalue weighted by Gasteiger charge is 2.09. The van der Waals surface area contributed by atoms with Crippen molar-refractivity contribution in [2.75, 3.05) is 5.73 Å². The van der Waals surface area contributed by atoms with Gasteiger partial charge in [-0.1, -0.05) is 25.7 Å². The van der Waals surface area contributed by atoms with Crippen LogP contribution < -0.4 is 5.73 Å². The number of nitrogen functional groups attached to an aromatic ring is 1. The van der Waals surface area contributed by atoms with Gasteiger partial charge < -0.3 is 5.73 Å². The molecule has 0 fully saturated rings. The third-order valence-corrected chi connectivity index (χ3v) is 3.19. The maximum Gasteiger partial charge on any atom is 0.159 e. The number of nitrogens with two attached hydrogens (primary N) is 1. The molecule has 0 atom stereocenters. The lowest BCUT2D eigenvalue weighted by atomic mass is 10.2. The van der Waals surface area contributed by atoms with E-state index in [1.54, 1.807) is 0 Å². The van der Waals surface area contributed by atoms with E-state index in [4.69, 9.17) is 5.73 Å². The first-order valence-electron chi connectivity index (χ1n) is 6.87. The van der Waals surface area contributed by atoms with E-state index in [-0.39, 0.29) is 0 Å². The summed E-state index contributed by atoms with van der Waals surface area (Å²) in [7, 11) is 0. The van der Waals surface area contributed by atoms with E-state index in [1.165, 1.54) is 18.4 Å². The van der Waals surface area contributed by atoms with E-state index in [1.807, 2.05) is 10.5 Å². The van der Waals surface area contributed by atoms with Gasteiger partial charge in [-0.25, -0.2) is 4.98 Å². The van der Waals surface area contributed by atoms with Crippen molar-refractivity contribution in [3.05, 3.63) is 29.1 Å². The van der Waals surface area contributed by atoms with Crippen LogP contribution in [0.1, 0.15) is 49.6 Å². The van der Waals surface area contributed by atoms with E-state index in [2.05, 4.69) is 43.7 Å². The summed E-state index contributed by atoms with van der Waals surface area (Å²) in [5.74, 6) is 6.91. The SMILES string of the molecule is CCCCCC#Cc1c(N)nc2cc(C)cc(C)n12. The van der Waals surface area contributed by atoms with Gasteiger partial charge in [-0.05, 0) is 43.9 Å². The molecule has 2 rings (SSSR count). The fourth-order valence-corrected chi connectivity index (χ4v) is 2.28. The van der Waals surface area contributed by atoms with Crippen LogP contribution in [0, 0.1) is 25.7 Å². The number of unbranched alkanes of at least 4 members (excludes halogenated alkanes) is 3. The summed E-state index contributed by atoms with van der Waals surface area (Å²) in [6.07, 6.45) is 4.52. The van der Waals surface area contributed by atoms with E-state index in [0.717, 1.165) is 29.9 Å². The Kier molecular flexibility index (Phi) is 4.11. The molecular formula is C16H21N3. The lowest BCUT2D eigenvalue weighted by molar-refractivity contribution is 0.737. The Balaban J connectivity index is 2.35. The molecule has 2 aromatic heterocycles. The summed E-state index contributed by atoms with van der Waals surface area (Å²) in [5, 5.41) is 0. The van der Waals surface area contributed by atoms with Crippen LogP contribution in [0.15, 0.2) is 12.1 Å². The maximum absolute atomic E-state index is 5.98. The summed E-state index contributed by atoms with van der Waals surface area (Å²) in [4.78, 5) is 4.39. The number of aromatic nitrogens is 2. The second kappa shape index (κ2) is 5.79. The van der Waals surface area contributed by atoms with Crippen LogP contribution in [-0.4, -0.2) is 9.38 Å². The number of fused-ring (bicyclic) bond motifs is 1. The Morgan fingerprint density at radius 2 is 2.05 bits per heavy atom. The summed E-state index contributed by atoms with van der Waals surface area (Å²) < 4.78 is 2.04. The van der Waals surface area contributed by atoms with Crippen molar-refractivity contribution in [3.63, 3.8) is 0 Å². The first-order chi connectivity index (χ1) is 9.13. The van der Waals surface area contributed by atoms with Gasteiger partial charge in [-0.2, -0.15) is 0 Å². The monoisotopic (exact) mass is 255 g/mol. The third-order valence-electron chi connectivity index (χ3n) is 3.19. The van der Waals surface area contributed by atoms with Crippen LogP contribution in [0.3, 0.4) is 0 Å². The molecule has 100 valence electrons. The molecule has 0 aliphatic heterocycles. The fourth-order valence-electron chi connectivity index (χ4n) is 2.28. The highest BCUT2D eigenvalue weighted by molar-refractivity contribution is 5.59. The average Bonchev–Trinajstić information content (AvgIpc) is 2.65. The predicted octanol–water partition coefficient (Wildman–Crippen LogP) is 3.47. The number of pyridine rings is 1. The molecule has 0 spiro atoms. The average molecular weight is 255 g/mol. The fraction of sp³-hybridized carbons (Fsp3) is 0.438. The highest BCUT2D eigenvalue weighted by atomic mass is 15.1. The molecule has 2 heterocycles. The van der Waals surface area contributed by atoms with E-state index < -0.39 is 0 Å². The van der Waals surface area contributed by atoms with E-state index in [9.17, 15) is 0 Å². The Bertz CT molecular complexity index is 641. The molecule has 0 unspecified atom stereocenters. The number of aryl methyl sites for hydroxylation is 2. The van der Waals surface area contributed by atoms with Gasteiger partial charge in [0.05, 0.1) is 0 Å². The van der Waals surface area contributed by atoms with Crippen LogP contribution >= 0.6 is 0 Å². The topological polar surface area (TPSA) is 43.3 Å². The van der Waals surface area contributed by atoms with Crippen LogP contribution in [0.2, 0.25) is 0 Å². The van der Waals surface area contributed by atoms with Crippen molar-refractivity contribution in [2.45, 2.75) is 46.5 Å². The number of hydrogen-bond donors (Lipinski definition) is 1. The zero-order valence-electron chi connectivity index (χ0n) is 12.0. The van der Waals surface area contributed by atoms with Crippen molar-refractivity contribution >= 4 is 11.5 Å². The molecule has 0 bridgehead atoms. The largest absolute Gasteiger partial charge is 0.381 e. The molecule has 19 heavy (non-hydrogen) atoms. The molecule has 0 saturated heterocycles. The first kappa shape index (κ1) is 13.5. The molecule has 0 aliphatic carbocycles. The Hall–Kier alpha value is -1.95. The van der Waals surface area contributed by atoms with E-state index >= 15 is 0 Å². The summed E-state index contributed by atoms with van der Waals surface area (Å²) in [6.45, 7) is 6.32. The minimum Gasteiger partial charge on any atom is -0.381 e. The lowest BCUT2D eigenvalue weighted by Crippen LogP contribution is -1.96. The number of rotatable bonds is 3. The zero-order chi connectivity index (χ0) is 13.8. The molecule has 3 nitrogen and oxygen atoms in total. The third kappa shape index (κ3) is 2.90. The maximum atomic E-state index is 5.98. The molecule has 0 radical (unpaired) electrons. The van der Waals surface area contributed by atoms with Gasteiger partial charge >= 0.3 is 0 Å². The quantitative estimate of drug-likeness (QED) is 0.674. The second-order valence-electron chi connectivity index (χ2n) is 4.97. The minimum absolute atomic E-state index is 0.525. The Labute approximate surface area is 114 Å². The van der Waals surface area contributed by atoms with Gasteiger partial charge in [0.15, 0.2) is 5.82 Å². The normalized spacial score (nSPS) is 10.5. The molecule has 0 saturated carbocycles. The van der Waals surface area contributed by atoms with Gasteiger partial charge in [-0.15, -0.1) is 0 Å². The van der Waals surface area contributed by atoms with Crippen molar-refractivity contribution < 1.29 is 0 Å². The molecule has 0 aromatic carbocycles. The van der Waals surface area contributed by atoms with Crippen LogP contribution in [0.4, 0.5) is 5.82 Å². The van der Waals surface area contributed by atoms with Crippen molar-refractivity contribution in [1.82, 2.24) is 9.38 Å². The molecule has 2 N–H and O–H groups in total. The van der Waals surface area contributed by atoms with Gasteiger partial charge in [0.25, 0.3) is 0 Å². The van der Waals surface area contributed by atoms with Gasteiger partial charge in [0.1, 0.15) is 11.3 Å². The summed E-state index contributed by atoms with van der Waals surface area (Å²) >= 11 is 0. The van der Waals surface area contributed by atoms with Crippen molar-refractivity contribution in [1.29, 1.82) is 0 Å². The van der Waals surface area contributed by atoms with Crippen molar-refractivity contribution in [2.24, 2.45) is 0 Å². The predicted molar refractivity (Wildman–Crippen MR) is 80.1 cm³/mol. The number of hydrogen-bond acceptors (Lipinski definition) is 2. The van der Waals surface area contributed by atoms with Crippen LogP contribution in [0.5, 0.6) is 0 Å². The van der Waals surface area contributed by atoms with Crippen LogP contribution in [-0.2, 0) is 0 Å². The van der Waals surface area contributed by atoms with Crippen molar-refractivity contribution in [3.8, 4) is 11.8 Å². The number of imidazole rings is 1. The summed E-state index contributed by atoms with van der Waals surface area (Å²) in [6, 6.07) is 4.15. The summed E-state index contributed by atoms with van der Waals surface area (Å²) in [5.41, 5.74) is 10.00. The molecule has 0 amide bonds. The number of anilines is 1. The molecular weight excluding hydrogens is 234 g/mol. The van der Waals surface area contributed by atoms with Crippen LogP contribution in [0.25, 0.3) is 5.65 Å². The molecule has 2 aromatic rings. The highest BCUT2D eigenvalue weighted by Crippen LogP contribution is 2.18. The Morgan fingerprint density at radius 1 is 1.26 bits per heavy atom. The van der Waals surface area contributed by atoms with Gasteiger partial charge in [0, 0.05) is 12.1 Å². The second-order valence-corrected chi connectivity index (χ2v) is 4.97. The lowest BCUT2D eigenvalue weighted by Gasteiger charge is -2.02. The van der Waals surface area contributed by atoms with E-state index in [0.29, 0.717) is 5.82 Å². The molecule has 3 heteroatoms. The Morgan fingerprint density at radius 3 is 2.79 bits per heavy atom. The molecule has 0 aliphatic rings. The zero-order valence-corrected chi connectivity index (χ0v) is 12.0.